The molecule has 1 saturated heterocycles. The minimum atomic E-state index is -3.47. The number of carbonyl (C=O) groups excluding carboxylic acids is 1. The Morgan fingerprint density at radius 3 is 2.41 bits per heavy atom. The van der Waals surface area contributed by atoms with Crippen LogP contribution >= 0.6 is 0 Å². The van der Waals surface area contributed by atoms with Gasteiger partial charge in [-0.15, -0.1) is 0 Å². The smallest absolute Gasteiger partial charge is 0.317 e. The van der Waals surface area contributed by atoms with E-state index in [0.717, 1.165) is 31.5 Å². The largest absolute Gasteiger partial charge is 0.338 e. The summed E-state index contributed by atoms with van der Waals surface area (Å²) in [6.45, 7) is 4.30. The Labute approximate surface area is 131 Å². The molecule has 0 aromatic heterocycles. The standard InChI is InChI=1S/C15H23N3O3S/c1-13-5-7-14(8-6-13)22(20,21)17-10-4-9-16-15(19)18-11-2-3-12-18/h5-8,17H,2-4,9-12H2,1H3,(H,16,19). The molecule has 6 nitrogen and oxygen atoms in total. The van der Waals surface area contributed by atoms with Gasteiger partial charge >= 0.3 is 6.03 Å². The predicted octanol–water partition coefficient (Wildman–Crippen LogP) is 1.47. The highest BCUT2D eigenvalue weighted by Crippen LogP contribution is 2.09. The number of urea groups is 1. The first kappa shape index (κ1) is 16.8. The fourth-order valence-electron chi connectivity index (χ4n) is 2.32. The van der Waals surface area contributed by atoms with Crippen LogP contribution in [0.15, 0.2) is 29.2 Å². The van der Waals surface area contributed by atoms with E-state index in [1.807, 2.05) is 6.92 Å². The van der Waals surface area contributed by atoms with Crippen molar-refractivity contribution >= 4 is 16.1 Å². The topological polar surface area (TPSA) is 78.5 Å². The number of carbonyl (C=O) groups is 1. The van der Waals surface area contributed by atoms with Crippen LogP contribution in [0.4, 0.5) is 4.79 Å². The predicted molar refractivity (Wildman–Crippen MR) is 85.2 cm³/mol. The molecule has 1 aromatic rings. The Hall–Kier alpha value is -1.60. The van der Waals surface area contributed by atoms with Crippen LogP contribution in [0.1, 0.15) is 24.8 Å². The van der Waals surface area contributed by atoms with Crippen molar-refractivity contribution in [3.8, 4) is 0 Å². The van der Waals surface area contributed by atoms with E-state index in [-0.39, 0.29) is 10.9 Å². The molecule has 2 N–H and O–H groups in total. The molecule has 0 saturated carbocycles. The van der Waals surface area contributed by atoms with Crippen molar-refractivity contribution in [1.29, 1.82) is 0 Å². The van der Waals surface area contributed by atoms with Crippen LogP contribution in [-0.2, 0) is 10.0 Å². The van der Waals surface area contributed by atoms with Crippen LogP contribution in [0.2, 0.25) is 0 Å². The van der Waals surface area contributed by atoms with E-state index < -0.39 is 10.0 Å². The highest BCUT2D eigenvalue weighted by Gasteiger charge is 2.17. The number of nitrogens with one attached hydrogen (secondary N) is 2. The molecule has 1 heterocycles. The summed E-state index contributed by atoms with van der Waals surface area (Å²) in [6, 6.07) is 6.66. The normalized spacial score (nSPS) is 15.0. The molecule has 22 heavy (non-hydrogen) atoms. The molecule has 2 amide bonds. The number of sulfonamides is 1. The Morgan fingerprint density at radius 1 is 1.14 bits per heavy atom. The fourth-order valence-corrected chi connectivity index (χ4v) is 3.40. The second kappa shape index (κ2) is 7.60. The number of rotatable bonds is 6. The summed E-state index contributed by atoms with van der Waals surface area (Å²) in [5.74, 6) is 0. The molecule has 2 rings (SSSR count). The lowest BCUT2D eigenvalue weighted by Gasteiger charge is -2.16. The molecular weight excluding hydrogens is 302 g/mol. The molecule has 0 bridgehead atoms. The van der Waals surface area contributed by atoms with Crippen molar-refractivity contribution in [3.05, 3.63) is 29.8 Å². The van der Waals surface area contributed by atoms with Gasteiger partial charge in [0.1, 0.15) is 0 Å². The quantitative estimate of drug-likeness (QED) is 0.778. The number of benzene rings is 1. The monoisotopic (exact) mass is 325 g/mol. The Morgan fingerprint density at radius 2 is 1.77 bits per heavy atom. The van der Waals surface area contributed by atoms with E-state index in [0.29, 0.717) is 19.5 Å². The number of aryl methyl sites for hydroxylation is 1. The number of nitrogens with zero attached hydrogens (tertiary/aromatic N) is 1. The fraction of sp³-hybridized carbons (Fsp3) is 0.533. The van der Waals surface area contributed by atoms with Crippen LogP contribution in [-0.4, -0.2) is 45.5 Å². The van der Waals surface area contributed by atoms with Crippen LogP contribution in [0, 0.1) is 6.92 Å². The van der Waals surface area contributed by atoms with E-state index in [9.17, 15) is 13.2 Å². The van der Waals surface area contributed by atoms with E-state index in [2.05, 4.69) is 10.0 Å². The van der Waals surface area contributed by atoms with Gasteiger partial charge in [0.05, 0.1) is 4.90 Å². The summed E-state index contributed by atoms with van der Waals surface area (Å²) in [5.41, 5.74) is 1.02. The van der Waals surface area contributed by atoms with E-state index in [1.165, 1.54) is 0 Å². The number of hydrogen-bond acceptors (Lipinski definition) is 3. The van der Waals surface area contributed by atoms with Crippen molar-refractivity contribution in [3.63, 3.8) is 0 Å². The Balaban J connectivity index is 1.69. The second-order valence-corrected chi connectivity index (χ2v) is 7.26. The maximum Gasteiger partial charge on any atom is 0.317 e. The van der Waals surface area contributed by atoms with Crippen LogP contribution in [0.5, 0.6) is 0 Å². The van der Waals surface area contributed by atoms with Crippen LogP contribution < -0.4 is 10.0 Å². The highest BCUT2D eigenvalue weighted by atomic mass is 32.2. The highest BCUT2D eigenvalue weighted by molar-refractivity contribution is 7.89. The van der Waals surface area contributed by atoms with Gasteiger partial charge in [0, 0.05) is 26.2 Å². The van der Waals surface area contributed by atoms with Crippen molar-refractivity contribution in [1.82, 2.24) is 14.9 Å². The van der Waals surface area contributed by atoms with Gasteiger partial charge in [-0.05, 0) is 38.3 Å². The van der Waals surface area contributed by atoms with Gasteiger partial charge in [-0.2, -0.15) is 0 Å². The molecule has 1 aliphatic rings. The minimum Gasteiger partial charge on any atom is -0.338 e. The molecule has 1 aromatic carbocycles. The zero-order valence-electron chi connectivity index (χ0n) is 12.8. The van der Waals surface area contributed by atoms with Crippen molar-refractivity contribution in [2.75, 3.05) is 26.2 Å². The third kappa shape index (κ3) is 4.71. The maximum atomic E-state index is 12.0. The second-order valence-electron chi connectivity index (χ2n) is 5.49. The first-order valence-corrected chi connectivity index (χ1v) is 9.06. The third-order valence-corrected chi connectivity index (χ3v) is 5.12. The summed E-state index contributed by atoms with van der Waals surface area (Å²) >= 11 is 0. The molecule has 0 spiro atoms. The molecule has 1 fully saturated rings. The van der Waals surface area contributed by atoms with Crippen LogP contribution in [0.3, 0.4) is 0 Å². The van der Waals surface area contributed by atoms with Gasteiger partial charge in [0.15, 0.2) is 0 Å². The van der Waals surface area contributed by atoms with Crippen molar-refractivity contribution in [2.45, 2.75) is 31.1 Å². The third-order valence-electron chi connectivity index (χ3n) is 3.65. The van der Waals surface area contributed by atoms with Gasteiger partial charge in [0.25, 0.3) is 0 Å². The average Bonchev–Trinajstić information content (AvgIpc) is 3.01. The SMILES string of the molecule is Cc1ccc(S(=O)(=O)NCCCNC(=O)N2CCCC2)cc1. The van der Waals surface area contributed by atoms with Gasteiger partial charge in [-0.3, -0.25) is 0 Å². The van der Waals surface area contributed by atoms with E-state index in [4.69, 9.17) is 0 Å². The Kier molecular flexibility index (Phi) is 5.79. The molecule has 0 atom stereocenters. The van der Waals surface area contributed by atoms with Crippen LogP contribution in [0.25, 0.3) is 0 Å². The number of amides is 2. The van der Waals surface area contributed by atoms with Gasteiger partial charge < -0.3 is 10.2 Å². The Bertz CT molecular complexity index is 593. The molecule has 0 aliphatic carbocycles. The summed E-state index contributed by atoms with van der Waals surface area (Å²) in [4.78, 5) is 13.8. The molecule has 1 aliphatic heterocycles. The number of hydrogen-bond donors (Lipinski definition) is 2. The first-order chi connectivity index (χ1) is 10.5. The van der Waals surface area contributed by atoms with E-state index >= 15 is 0 Å². The molecule has 0 radical (unpaired) electrons. The zero-order chi connectivity index (χ0) is 16.0. The van der Waals surface area contributed by atoms with E-state index in [1.54, 1.807) is 29.2 Å². The minimum absolute atomic E-state index is 0.0566. The summed E-state index contributed by atoms with van der Waals surface area (Å²) in [6.07, 6.45) is 2.68. The zero-order valence-corrected chi connectivity index (χ0v) is 13.7. The average molecular weight is 325 g/mol. The molecule has 122 valence electrons. The van der Waals surface area contributed by atoms with Crippen molar-refractivity contribution < 1.29 is 13.2 Å². The lowest BCUT2D eigenvalue weighted by atomic mass is 10.2. The van der Waals surface area contributed by atoms with Gasteiger partial charge in [0.2, 0.25) is 10.0 Å². The van der Waals surface area contributed by atoms with Crippen molar-refractivity contribution in [2.24, 2.45) is 0 Å². The summed E-state index contributed by atoms with van der Waals surface area (Å²) in [7, 11) is -3.47. The molecule has 0 unspecified atom stereocenters. The molecule has 7 heteroatoms. The summed E-state index contributed by atoms with van der Waals surface area (Å²) < 4.78 is 26.6. The first-order valence-electron chi connectivity index (χ1n) is 7.58. The maximum absolute atomic E-state index is 12.0. The number of likely N-dealkylation sites (tertiary alicyclic amines) is 1. The van der Waals surface area contributed by atoms with Gasteiger partial charge in [-0.1, -0.05) is 17.7 Å². The molecular formula is C15H23N3O3S. The van der Waals surface area contributed by atoms with Gasteiger partial charge in [-0.25, -0.2) is 17.9 Å². The lowest BCUT2D eigenvalue weighted by molar-refractivity contribution is 0.209. The lowest BCUT2D eigenvalue weighted by Crippen LogP contribution is -2.39. The summed E-state index contributed by atoms with van der Waals surface area (Å²) in [5, 5.41) is 2.81.